The van der Waals surface area contributed by atoms with E-state index in [0.29, 0.717) is 11.1 Å². The average molecular weight is 293 g/mol. The van der Waals surface area contributed by atoms with Crippen LogP contribution in [-0.2, 0) is 0 Å². The molecule has 0 fully saturated rings. The third-order valence-corrected chi connectivity index (χ3v) is 3.29. The number of hydrogen-bond donors (Lipinski definition) is 1. The zero-order chi connectivity index (χ0) is 14.5. The molecule has 0 unspecified atom stereocenters. The third-order valence-electron chi connectivity index (χ3n) is 2.84. The highest BCUT2D eigenvalue weighted by Crippen LogP contribution is 2.32. The fourth-order valence-electron chi connectivity index (χ4n) is 1.72. The minimum absolute atomic E-state index is 0.0531. The first-order valence-electron chi connectivity index (χ1n) is 6.00. The topological polar surface area (TPSA) is 33.6 Å². The van der Waals surface area contributed by atoms with Gasteiger partial charge in [-0.2, -0.15) is 5.10 Å². The van der Waals surface area contributed by atoms with Gasteiger partial charge in [-0.15, -0.1) is 0 Å². The Labute approximate surface area is 122 Å². The summed E-state index contributed by atoms with van der Waals surface area (Å²) in [6.45, 7) is 1.79. The molecule has 0 aliphatic carbocycles. The minimum Gasteiger partial charge on any atom is -0.492 e. The Kier molecular flexibility index (Phi) is 4.58. The van der Waals surface area contributed by atoms with E-state index in [4.69, 9.17) is 16.3 Å². The van der Waals surface area contributed by atoms with Crippen LogP contribution in [0.25, 0.3) is 0 Å². The van der Waals surface area contributed by atoms with Crippen LogP contribution < -0.4 is 10.2 Å². The van der Waals surface area contributed by atoms with Crippen molar-refractivity contribution in [3.63, 3.8) is 0 Å². The number of methoxy groups -OCH3 is 1. The summed E-state index contributed by atoms with van der Waals surface area (Å²) in [6.07, 6.45) is 1.52. The Hall–Kier alpha value is -2.07. The second kappa shape index (κ2) is 6.39. The summed E-state index contributed by atoms with van der Waals surface area (Å²) in [5, 5.41) is 4.33. The first kappa shape index (κ1) is 14.3. The molecule has 0 aromatic heterocycles. The summed E-state index contributed by atoms with van der Waals surface area (Å²) in [6, 6.07) is 10.8. The molecule has 2 rings (SSSR count). The molecule has 0 amide bonds. The summed E-state index contributed by atoms with van der Waals surface area (Å²) < 4.78 is 18.7. The smallest absolute Gasteiger partial charge is 0.173 e. The van der Waals surface area contributed by atoms with Crippen molar-refractivity contribution in [2.24, 2.45) is 5.10 Å². The maximum atomic E-state index is 13.8. The van der Waals surface area contributed by atoms with Crippen LogP contribution in [0.5, 0.6) is 5.75 Å². The Morgan fingerprint density at radius 3 is 2.65 bits per heavy atom. The molecule has 0 saturated heterocycles. The van der Waals surface area contributed by atoms with Crippen LogP contribution in [0.1, 0.15) is 11.1 Å². The molecule has 2 aromatic carbocycles. The summed E-state index contributed by atoms with van der Waals surface area (Å²) in [4.78, 5) is 0. The van der Waals surface area contributed by atoms with Crippen molar-refractivity contribution in [3.8, 4) is 5.75 Å². The fourth-order valence-corrected chi connectivity index (χ4v) is 2.00. The molecule has 2 aromatic rings. The van der Waals surface area contributed by atoms with Gasteiger partial charge in [0, 0.05) is 5.56 Å². The van der Waals surface area contributed by atoms with Gasteiger partial charge in [0.25, 0.3) is 0 Å². The van der Waals surface area contributed by atoms with E-state index in [-0.39, 0.29) is 10.8 Å². The van der Waals surface area contributed by atoms with Crippen LogP contribution in [-0.4, -0.2) is 13.3 Å². The molecule has 0 aliphatic rings. The van der Waals surface area contributed by atoms with Crippen molar-refractivity contribution in [2.75, 3.05) is 12.5 Å². The largest absolute Gasteiger partial charge is 0.492 e. The van der Waals surface area contributed by atoms with Crippen molar-refractivity contribution in [3.05, 3.63) is 58.4 Å². The second-order valence-electron chi connectivity index (χ2n) is 4.16. The number of ether oxygens (including phenoxy) is 1. The first-order valence-corrected chi connectivity index (χ1v) is 6.38. The average Bonchev–Trinajstić information content (AvgIpc) is 2.46. The molecular weight excluding hydrogens is 279 g/mol. The van der Waals surface area contributed by atoms with Crippen molar-refractivity contribution in [2.45, 2.75) is 6.92 Å². The molecule has 1 N–H and O–H groups in total. The Balaban J connectivity index is 2.22. The number of anilines is 1. The van der Waals surface area contributed by atoms with Crippen LogP contribution in [0.2, 0.25) is 5.02 Å². The molecule has 104 valence electrons. The van der Waals surface area contributed by atoms with Gasteiger partial charge >= 0.3 is 0 Å². The van der Waals surface area contributed by atoms with Gasteiger partial charge in [-0.1, -0.05) is 29.8 Å². The quantitative estimate of drug-likeness (QED) is 0.675. The van der Waals surface area contributed by atoms with Crippen molar-refractivity contribution < 1.29 is 9.13 Å². The lowest BCUT2D eigenvalue weighted by Gasteiger charge is -2.09. The highest BCUT2D eigenvalue weighted by molar-refractivity contribution is 6.33. The van der Waals surface area contributed by atoms with Crippen LogP contribution in [0.4, 0.5) is 10.1 Å². The number of hydrazone groups is 1. The fraction of sp³-hybridized carbons (Fsp3) is 0.133. The van der Waals surface area contributed by atoms with Crippen molar-refractivity contribution >= 4 is 23.5 Å². The molecule has 0 atom stereocenters. The van der Waals surface area contributed by atoms with Crippen LogP contribution in [0, 0.1) is 12.7 Å². The molecule has 0 bridgehead atoms. The molecule has 3 nitrogen and oxygen atoms in total. The number of hydrogen-bond acceptors (Lipinski definition) is 3. The first-order chi connectivity index (χ1) is 9.63. The lowest BCUT2D eigenvalue weighted by Crippen LogP contribution is -1.98. The molecule has 0 heterocycles. The molecular formula is C15H14ClFN2O. The summed E-state index contributed by atoms with van der Waals surface area (Å²) in [7, 11) is 1.38. The predicted molar refractivity (Wildman–Crippen MR) is 80.4 cm³/mol. The Morgan fingerprint density at radius 1 is 1.30 bits per heavy atom. The van der Waals surface area contributed by atoms with Gasteiger partial charge in [0.05, 0.1) is 24.0 Å². The summed E-state index contributed by atoms with van der Waals surface area (Å²) in [5.74, 6) is -0.457. The van der Waals surface area contributed by atoms with Crippen molar-refractivity contribution in [1.29, 1.82) is 0 Å². The van der Waals surface area contributed by atoms with Crippen LogP contribution in [0.15, 0.2) is 41.5 Å². The highest BCUT2D eigenvalue weighted by Gasteiger charge is 2.13. The van der Waals surface area contributed by atoms with E-state index in [9.17, 15) is 4.39 Å². The Bertz CT molecular complexity index is 630. The SMILES string of the molecule is COc1c(F)cc(C=NNc2ccccc2)c(C)c1Cl. The number of halogens is 2. The Morgan fingerprint density at radius 2 is 2.00 bits per heavy atom. The van der Waals surface area contributed by atoms with Gasteiger partial charge in [0.1, 0.15) is 0 Å². The maximum Gasteiger partial charge on any atom is 0.173 e. The molecule has 0 radical (unpaired) electrons. The monoisotopic (exact) mass is 292 g/mol. The molecule has 0 aliphatic heterocycles. The van der Waals surface area contributed by atoms with Crippen LogP contribution in [0.3, 0.4) is 0 Å². The van der Waals surface area contributed by atoms with E-state index in [2.05, 4.69) is 10.5 Å². The van der Waals surface area contributed by atoms with Gasteiger partial charge in [-0.3, -0.25) is 5.43 Å². The number of nitrogens with one attached hydrogen (secondary N) is 1. The van der Waals surface area contributed by atoms with Gasteiger partial charge in [-0.25, -0.2) is 4.39 Å². The third kappa shape index (κ3) is 3.08. The lowest BCUT2D eigenvalue weighted by atomic mass is 10.1. The van der Waals surface area contributed by atoms with E-state index in [1.165, 1.54) is 19.4 Å². The molecule has 0 spiro atoms. The van der Waals surface area contributed by atoms with Gasteiger partial charge in [0.15, 0.2) is 11.6 Å². The number of rotatable bonds is 4. The van der Waals surface area contributed by atoms with E-state index < -0.39 is 5.82 Å². The highest BCUT2D eigenvalue weighted by atomic mass is 35.5. The van der Waals surface area contributed by atoms with Crippen LogP contribution >= 0.6 is 11.6 Å². The number of para-hydroxylation sites is 1. The van der Waals surface area contributed by atoms with Crippen molar-refractivity contribution in [1.82, 2.24) is 0 Å². The van der Waals surface area contributed by atoms with E-state index in [1.54, 1.807) is 6.92 Å². The lowest BCUT2D eigenvalue weighted by molar-refractivity contribution is 0.386. The molecule has 20 heavy (non-hydrogen) atoms. The summed E-state index contributed by atoms with van der Waals surface area (Å²) >= 11 is 6.05. The molecule has 5 heteroatoms. The zero-order valence-electron chi connectivity index (χ0n) is 11.2. The predicted octanol–water partition coefficient (Wildman–Crippen LogP) is 4.24. The van der Waals surface area contributed by atoms with E-state index >= 15 is 0 Å². The van der Waals surface area contributed by atoms with E-state index in [0.717, 1.165) is 5.69 Å². The minimum atomic E-state index is -0.510. The number of benzene rings is 2. The second-order valence-corrected chi connectivity index (χ2v) is 4.53. The standard InChI is InChI=1S/C15H14ClFN2O/c1-10-11(8-13(17)15(20-2)14(10)16)9-18-19-12-6-4-3-5-7-12/h3-9,19H,1-2H3. The maximum absolute atomic E-state index is 13.8. The zero-order valence-corrected chi connectivity index (χ0v) is 11.9. The van der Waals surface area contributed by atoms with Gasteiger partial charge < -0.3 is 4.74 Å². The molecule has 0 saturated carbocycles. The normalized spacial score (nSPS) is 10.8. The summed E-state index contributed by atoms with van der Waals surface area (Å²) in [5.41, 5.74) is 5.01. The van der Waals surface area contributed by atoms with Gasteiger partial charge in [0.2, 0.25) is 0 Å². The van der Waals surface area contributed by atoms with E-state index in [1.807, 2.05) is 30.3 Å². The van der Waals surface area contributed by atoms with Gasteiger partial charge in [-0.05, 0) is 30.7 Å². The number of nitrogens with zero attached hydrogens (tertiary/aromatic N) is 1.